The molecule has 0 aromatic carbocycles. The quantitative estimate of drug-likeness (QED) is 0.821. The number of pyridine rings is 1. The van der Waals surface area contributed by atoms with Crippen molar-refractivity contribution in [3.63, 3.8) is 0 Å². The molecule has 1 unspecified atom stereocenters. The largest absolute Gasteiger partial charge is 0.481 e. The van der Waals surface area contributed by atoms with Crippen molar-refractivity contribution >= 4 is 17.7 Å². The lowest BCUT2D eigenvalue weighted by atomic mass is 10.0. The smallest absolute Gasteiger partial charge is 0.303 e. The van der Waals surface area contributed by atoms with E-state index in [1.165, 1.54) is 0 Å². The second kappa shape index (κ2) is 5.69. The fourth-order valence-electron chi connectivity index (χ4n) is 2.35. The number of rotatable bonds is 5. The number of nitrogens with zero attached hydrogens (tertiary/aromatic N) is 2. The number of carboxylic acid groups (broad SMARTS) is 1. The van der Waals surface area contributed by atoms with Gasteiger partial charge in [0, 0.05) is 31.3 Å². The van der Waals surface area contributed by atoms with E-state index in [1.807, 2.05) is 0 Å². The van der Waals surface area contributed by atoms with Gasteiger partial charge >= 0.3 is 5.97 Å². The van der Waals surface area contributed by atoms with Crippen molar-refractivity contribution in [3.05, 3.63) is 23.9 Å². The molecule has 1 aromatic rings. The molecule has 0 aliphatic carbocycles. The monoisotopic (exact) mass is 263 g/mol. The van der Waals surface area contributed by atoms with Crippen LogP contribution >= 0.6 is 0 Å². The highest BCUT2D eigenvalue weighted by Gasteiger charge is 2.24. The molecular weight excluding hydrogens is 246 g/mol. The molecule has 0 saturated carbocycles. The van der Waals surface area contributed by atoms with Crippen LogP contribution in [0.3, 0.4) is 0 Å². The van der Waals surface area contributed by atoms with E-state index in [1.54, 1.807) is 18.3 Å². The molecule has 19 heavy (non-hydrogen) atoms. The highest BCUT2D eigenvalue weighted by atomic mass is 16.4. The zero-order valence-electron chi connectivity index (χ0n) is 10.6. The van der Waals surface area contributed by atoms with Crippen LogP contribution in [0.4, 0.5) is 5.82 Å². The third-order valence-corrected chi connectivity index (χ3v) is 3.41. The minimum atomic E-state index is -0.757. The van der Waals surface area contributed by atoms with Crippen LogP contribution in [0.1, 0.15) is 29.6 Å². The fourth-order valence-corrected chi connectivity index (χ4v) is 2.35. The molecular formula is C13H17N3O3. The van der Waals surface area contributed by atoms with Gasteiger partial charge in [-0.3, -0.25) is 9.59 Å². The number of amides is 1. The third-order valence-electron chi connectivity index (χ3n) is 3.41. The summed E-state index contributed by atoms with van der Waals surface area (Å²) in [5, 5.41) is 8.68. The summed E-state index contributed by atoms with van der Waals surface area (Å²) in [5.74, 6) is -0.123. The Morgan fingerprint density at radius 3 is 3.00 bits per heavy atom. The first-order chi connectivity index (χ1) is 9.06. The third kappa shape index (κ3) is 3.43. The first-order valence-corrected chi connectivity index (χ1v) is 6.29. The lowest BCUT2D eigenvalue weighted by Gasteiger charge is -2.17. The number of nitrogens with two attached hydrogens (primary N) is 1. The average molecular weight is 263 g/mol. The van der Waals surface area contributed by atoms with E-state index in [9.17, 15) is 9.59 Å². The van der Waals surface area contributed by atoms with Gasteiger partial charge in [0.25, 0.3) is 0 Å². The summed E-state index contributed by atoms with van der Waals surface area (Å²) in [5.41, 5.74) is 5.68. The summed E-state index contributed by atoms with van der Waals surface area (Å²) < 4.78 is 0. The van der Waals surface area contributed by atoms with E-state index in [-0.39, 0.29) is 6.42 Å². The standard InChI is InChI=1S/C13H17N3O3/c14-13(19)10-3-5-15-11(7-10)16-6-4-9(8-16)1-2-12(17)18/h3,5,7,9H,1-2,4,6,8H2,(H2,14,19)(H,17,18). The van der Waals surface area contributed by atoms with E-state index in [4.69, 9.17) is 10.8 Å². The molecule has 1 amide bonds. The van der Waals surface area contributed by atoms with E-state index in [0.29, 0.717) is 17.9 Å². The maximum Gasteiger partial charge on any atom is 0.303 e. The molecule has 1 saturated heterocycles. The highest BCUT2D eigenvalue weighted by Crippen LogP contribution is 2.25. The second-order valence-electron chi connectivity index (χ2n) is 4.80. The molecule has 1 aromatic heterocycles. The molecule has 0 bridgehead atoms. The predicted octanol–water partition coefficient (Wildman–Crippen LogP) is 0.872. The van der Waals surface area contributed by atoms with Crippen molar-refractivity contribution in [1.29, 1.82) is 0 Å². The van der Waals surface area contributed by atoms with Crippen molar-refractivity contribution < 1.29 is 14.7 Å². The second-order valence-corrected chi connectivity index (χ2v) is 4.80. The average Bonchev–Trinajstić information content (AvgIpc) is 2.85. The van der Waals surface area contributed by atoms with Crippen molar-refractivity contribution in [2.75, 3.05) is 18.0 Å². The Labute approximate surface area is 111 Å². The topological polar surface area (TPSA) is 96.5 Å². The van der Waals surface area contributed by atoms with Gasteiger partial charge in [0.2, 0.25) is 5.91 Å². The van der Waals surface area contributed by atoms with E-state index >= 15 is 0 Å². The molecule has 1 fully saturated rings. The van der Waals surface area contributed by atoms with Crippen LogP contribution in [-0.4, -0.2) is 35.1 Å². The molecule has 3 N–H and O–H groups in total. The van der Waals surface area contributed by atoms with Crippen molar-refractivity contribution in [1.82, 2.24) is 4.98 Å². The van der Waals surface area contributed by atoms with Crippen LogP contribution < -0.4 is 10.6 Å². The first-order valence-electron chi connectivity index (χ1n) is 6.29. The number of carbonyl (C=O) groups is 2. The van der Waals surface area contributed by atoms with Gasteiger partial charge in [-0.2, -0.15) is 0 Å². The number of hydrogen-bond acceptors (Lipinski definition) is 4. The van der Waals surface area contributed by atoms with Crippen molar-refractivity contribution in [3.8, 4) is 0 Å². The summed E-state index contributed by atoms with van der Waals surface area (Å²) in [6.45, 7) is 1.61. The summed E-state index contributed by atoms with van der Waals surface area (Å²) in [4.78, 5) is 28.0. The predicted molar refractivity (Wildman–Crippen MR) is 69.9 cm³/mol. The zero-order chi connectivity index (χ0) is 13.8. The summed E-state index contributed by atoms with van der Waals surface area (Å²) in [6.07, 6.45) is 3.41. The van der Waals surface area contributed by atoms with Crippen LogP contribution in [-0.2, 0) is 4.79 Å². The number of aromatic nitrogens is 1. The highest BCUT2D eigenvalue weighted by molar-refractivity contribution is 5.93. The molecule has 1 aliphatic rings. The summed E-state index contributed by atoms with van der Waals surface area (Å²) in [6, 6.07) is 3.27. The van der Waals surface area contributed by atoms with Crippen LogP contribution in [0, 0.1) is 5.92 Å². The minimum absolute atomic E-state index is 0.202. The van der Waals surface area contributed by atoms with Crippen molar-refractivity contribution in [2.45, 2.75) is 19.3 Å². The van der Waals surface area contributed by atoms with Crippen LogP contribution in [0.25, 0.3) is 0 Å². The Morgan fingerprint density at radius 2 is 2.32 bits per heavy atom. The first kappa shape index (κ1) is 13.3. The molecule has 2 heterocycles. The summed E-state index contributed by atoms with van der Waals surface area (Å²) in [7, 11) is 0. The van der Waals surface area contributed by atoms with E-state index < -0.39 is 11.9 Å². The maximum atomic E-state index is 11.1. The fraction of sp³-hybridized carbons (Fsp3) is 0.462. The van der Waals surface area contributed by atoms with Gasteiger partial charge in [-0.25, -0.2) is 4.98 Å². The Hall–Kier alpha value is -2.11. The van der Waals surface area contributed by atoms with Crippen LogP contribution in [0.2, 0.25) is 0 Å². The Kier molecular flexibility index (Phi) is 3.99. The molecule has 0 radical (unpaired) electrons. The van der Waals surface area contributed by atoms with Crippen LogP contribution in [0.5, 0.6) is 0 Å². The number of carbonyl (C=O) groups excluding carboxylic acids is 1. The molecule has 2 rings (SSSR count). The Morgan fingerprint density at radius 1 is 1.53 bits per heavy atom. The van der Waals surface area contributed by atoms with Gasteiger partial charge < -0.3 is 15.7 Å². The lowest BCUT2D eigenvalue weighted by Crippen LogP contribution is -2.22. The number of aliphatic carboxylic acids is 1. The van der Waals surface area contributed by atoms with E-state index in [2.05, 4.69) is 9.88 Å². The van der Waals surface area contributed by atoms with Gasteiger partial charge in [0.05, 0.1) is 0 Å². The van der Waals surface area contributed by atoms with Gasteiger partial charge in [-0.15, -0.1) is 0 Å². The Bertz CT molecular complexity index is 490. The molecule has 1 atom stereocenters. The molecule has 6 heteroatoms. The minimum Gasteiger partial charge on any atom is -0.481 e. The zero-order valence-corrected chi connectivity index (χ0v) is 10.6. The number of primary amides is 1. The van der Waals surface area contributed by atoms with Crippen LogP contribution in [0.15, 0.2) is 18.3 Å². The maximum absolute atomic E-state index is 11.1. The Balaban J connectivity index is 1.98. The van der Waals surface area contributed by atoms with Crippen molar-refractivity contribution in [2.24, 2.45) is 11.7 Å². The number of carboxylic acids is 1. The SMILES string of the molecule is NC(=O)c1ccnc(N2CCC(CCC(=O)O)C2)c1. The molecule has 0 spiro atoms. The van der Waals surface area contributed by atoms with Gasteiger partial charge in [-0.05, 0) is 30.9 Å². The summed E-state index contributed by atoms with van der Waals surface area (Å²) >= 11 is 0. The normalized spacial score (nSPS) is 18.5. The van der Waals surface area contributed by atoms with Gasteiger partial charge in [-0.1, -0.05) is 0 Å². The number of hydrogen-bond donors (Lipinski definition) is 2. The van der Waals surface area contributed by atoms with Gasteiger partial charge in [0.15, 0.2) is 0 Å². The molecule has 6 nitrogen and oxygen atoms in total. The van der Waals surface area contributed by atoms with E-state index in [0.717, 1.165) is 25.3 Å². The van der Waals surface area contributed by atoms with Gasteiger partial charge in [0.1, 0.15) is 5.82 Å². The molecule has 102 valence electrons. The number of anilines is 1. The lowest BCUT2D eigenvalue weighted by molar-refractivity contribution is -0.137. The molecule has 1 aliphatic heterocycles.